The lowest BCUT2D eigenvalue weighted by Crippen LogP contribution is -2.47. The number of rotatable bonds is 4. The van der Waals surface area contributed by atoms with E-state index in [1.54, 1.807) is 12.1 Å². The molecule has 0 amide bonds. The van der Waals surface area contributed by atoms with E-state index in [2.05, 4.69) is 5.32 Å². The van der Waals surface area contributed by atoms with Crippen molar-refractivity contribution in [1.29, 1.82) is 0 Å². The van der Waals surface area contributed by atoms with Crippen molar-refractivity contribution >= 4 is 23.1 Å². The van der Waals surface area contributed by atoms with E-state index in [4.69, 9.17) is 0 Å². The molecule has 0 bridgehead atoms. The number of H-pyrrole nitrogens is 1. The molecule has 0 saturated carbocycles. The van der Waals surface area contributed by atoms with Gasteiger partial charge in [0.1, 0.15) is 0 Å². The number of anilines is 2. The molecule has 0 radical (unpaired) electrons. The first-order chi connectivity index (χ1) is 13.1. The Morgan fingerprint density at radius 1 is 0.893 bits per heavy atom. The maximum atomic E-state index is 12.4. The second kappa shape index (κ2) is 7.43. The van der Waals surface area contributed by atoms with Crippen molar-refractivity contribution in [3.63, 3.8) is 0 Å². The maximum absolute atomic E-state index is 12.4. The predicted molar refractivity (Wildman–Crippen MR) is 99.5 cm³/mol. The molecule has 0 aliphatic heterocycles. The van der Waals surface area contributed by atoms with Crippen LogP contribution in [0.4, 0.5) is 24.5 Å². The van der Waals surface area contributed by atoms with Crippen molar-refractivity contribution < 1.29 is 13.2 Å². The van der Waals surface area contributed by atoms with Crippen LogP contribution >= 0.6 is 11.8 Å². The molecule has 0 aliphatic carbocycles. The zero-order valence-electron chi connectivity index (χ0n) is 14.3. The van der Waals surface area contributed by atoms with Crippen LogP contribution in [0, 0.1) is 0 Å². The van der Waals surface area contributed by atoms with Gasteiger partial charge in [0, 0.05) is 23.3 Å². The molecule has 3 rings (SSSR count). The number of halogens is 3. The quantitative estimate of drug-likeness (QED) is 0.646. The molecule has 0 unspecified atom stereocenters. The van der Waals surface area contributed by atoms with Crippen LogP contribution in [-0.2, 0) is 7.05 Å². The highest BCUT2D eigenvalue weighted by molar-refractivity contribution is 8.00. The van der Waals surface area contributed by atoms with Crippen LogP contribution in [0.25, 0.3) is 5.69 Å². The van der Waals surface area contributed by atoms with E-state index in [9.17, 15) is 27.6 Å². The second-order valence-corrected chi connectivity index (χ2v) is 6.79. The van der Waals surface area contributed by atoms with Gasteiger partial charge in [-0.15, -0.1) is 0 Å². The average Bonchev–Trinajstić information content (AvgIpc) is 2.62. The van der Waals surface area contributed by atoms with Crippen LogP contribution in [0.1, 0.15) is 0 Å². The van der Waals surface area contributed by atoms with Gasteiger partial charge in [-0.25, -0.2) is 23.5 Å². The van der Waals surface area contributed by atoms with Gasteiger partial charge < -0.3 is 5.32 Å². The molecule has 28 heavy (non-hydrogen) atoms. The minimum atomic E-state index is -4.35. The van der Waals surface area contributed by atoms with Gasteiger partial charge in [-0.05, 0) is 60.3 Å². The summed E-state index contributed by atoms with van der Waals surface area (Å²) in [5.41, 5.74) is -5.38. The first-order valence-corrected chi connectivity index (χ1v) is 8.61. The number of aromatic nitrogens is 3. The van der Waals surface area contributed by atoms with Crippen LogP contribution in [0.15, 0.2) is 67.8 Å². The largest absolute Gasteiger partial charge is 0.446 e. The summed E-state index contributed by atoms with van der Waals surface area (Å²) < 4.78 is 38.6. The minimum absolute atomic E-state index is 0.0710. The molecule has 2 aromatic carbocycles. The lowest BCUT2D eigenvalue weighted by atomic mass is 10.2. The maximum Gasteiger partial charge on any atom is 0.446 e. The first-order valence-electron chi connectivity index (χ1n) is 7.80. The number of hydrogen-bond donors (Lipinski definition) is 2. The minimum Gasteiger partial charge on any atom is -0.356 e. The number of nitrogens with zero attached hydrogens (tertiary/aromatic N) is 2. The van der Waals surface area contributed by atoms with E-state index in [0.29, 0.717) is 11.4 Å². The Bertz CT molecular complexity index is 1160. The van der Waals surface area contributed by atoms with Crippen LogP contribution < -0.4 is 22.4 Å². The molecule has 0 atom stereocenters. The molecule has 146 valence electrons. The highest BCUT2D eigenvalue weighted by Crippen LogP contribution is 2.37. The number of aromatic amines is 1. The molecule has 11 heteroatoms. The van der Waals surface area contributed by atoms with Crippen molar-refractivity contribution in [3.8, 4) is 5.69 Å². The Balaban J connectivity index is 1.81. The molecule has 2 N–H and O–H groups in total. The number of nitrogens with one attached hydrogen (secondary N) is 2. The highest BCUT2D eigenvalue weighted by atomic mass is 32.2. The Hall–Kier alpha value is -3.21. The van der Waals surface area contributed by atoms with E-state index in [1.165, 1.54) is 43.4 Å². The molecular weight excluding hydrogens is 397 g/mol. The average molecular weight is 410 g/mol. The van der Waals surface area contributed by atoms with Crippen molar-refractivity contribution in [2.45, 2.75) is 10.4 Å². The van der Waals surface area contributed by atoms with Crippen LogP contribution in [0.5, 0.6) is 0 Å². The summed E-state index contributed by atoms with van der Waals surface area (Å²) in [6.45, 7) is 0. The van der Waals surface area contributed by atoms with Crippen molar-refractivity contribution in [1.82, 2.24) is 14.1 Å². The van der Waals surface area contributed by atoms with Crippen molar-refractivity contribution in [3.05, 3.63) is 80.0 Å². The fourth-order valence-electron chi connectivity index (χ4n) is 2.38. The fourth-order valence-corrected chi connectivity index (χ4v) is 2.92. The molecule has 0 saturated heterocycles. The van der Waals surface area contributed by atoms with E-state index < -0.39 is 22.6 Å². The number of benzene rings is 2. The third-order valence-corrected chi connectivity index (χ3v) is 4.44. The summed E-state index contributed by atoms with van der Waals surface area (Å²) in [5, 5.41) is 3.00. The third kappa shape index (κ3) is 4.36. The molecule has 0 fully saturated rings. The molecule has 0 spiro atoms. The summed E-state index contributed by atoms with van der Waals surface area (Å²) in [5.74, 6) is 0. The smallest absolute Gasteiger partial charge is 0.356 e. The van der Waals surface area contributed by atoms with Gasteiger partial charge in [0.05, 0.1) is 5.69 Å². The van der Waals surface area contributed by atoms with E-state index in [-0.39, 0.29) is 22.3 Å². The van der Waals surface area contributed by atoms with Crippen LogP contribution in [0.3, 0.4) is 0 Å². The molecule has 3 aromatic rings. The highest BCUT2D eigenvalue weighted by Gasteiger charge is 2.28. The third-order valence-electron chi connectivity index (χ3n) is 3.70. The monoisotopic (exact) mass is 410 g/mol. The van der Waals surface area contributed by atoms with Gasteiger partial charge in [0.15, 0.2) is 0 Å². The van der Waals surface area contributed by atoms with Crippen LogP contribution in [0.2, 0.25) is 0 Å². The Labute approximate surface area is 159 Å². The van der Waals surface area contributed by atoms with Crippen molar-refractivity contribution in [2.24, 2.45) is 7.05 Å². The standard InChI is InChI=1S/C17H13F3N4O3S/c1-23-14(25)22-15(26)24(16(23)27)12-6-2-10(3-7-12)21-11-4-8-13(9-5-11)28-17(18,19)20/h2-9,21H,1H3,(H,22,25,26). The molecular formula is C17H13F3N4O3S. The summed E-state index contributed by atoms with van der Waals surface area (Å²) in [4.78, 5) is 37.6. The summed E-state index contributed by atoms with van der Waals surface area (Å²) in [7, 11) is 1.24. The summed E-state index contributed by atoms with van der Waals surface area (Å²) in [6, 6.07) is 11.9. The number of alkyl halides is 3. The molecule has 0 aliphatic rings. The van der Waals surface area contributed by atoms with Gasteiger partial charge in [-0.3, -0.25) is 4.98 Å². The van der Waals surface area contributed by atoms with E-state index in [1.807, 2.05) is 4.98 Å². The Morgan fingerprint density at radius 3 is 1.96 bits per heavy atom. The Kier molecular flexibility index (Phi) is 5.18. The van der Waals surface area contributed by atoms with E-state index >= 15 is 0 Å². The normalized spacial score (nSPS) is 11.4. The van der Waals surface area contributed by atoms with Gasteiger partial charge in [-0.2, -0.15) is 13.2 Å². The van der Waals surface area contributed by atoms with Gasteiger partial charge >= 0.3 is 22.6 Å². The van der Waals surface area contributed by atoms with Gasteiger partial charge in [0.2, 0.25) is 0 Å². The fraction of sp³-hybridized carbons (Fsp3) is 0.118. The lowest BCUT2D eigenvalue weighted by Gasteiger charge is -2.10. The van der Waals surface area contributed by atoms with Gasteiger partial charge in [-0.1, -0.05) is 0 Å². The SMILES string of the molecule is Cn1c(=O)[nH]c(=O)n(-c2ccc(Nc3ccc(SC(F)(F)F)cc3)cc2)c1=O. The molecule has 1 aromatic heterocycles. The first kappa shape index (κ1) is 19.5. The molecule has 7 nitrogen and oxygen atoms in total. The molecule has 1 heterocycles. The number of hydrogen-bond acceptors (Lipinski definition) is 5. The topological polar surface area (TPSA) is 88.9 Å². The Morgan fingerprint density at radius 2 is 1.43 bits per heavy atom. The van der Waals surface area contributed by atoms with E-state index in [0.717, 1.165) is 9.13 Å². The van der Waals surface area contributed by atoms with Gasteiger partial charge in [0.25, 0.3) is 0 Å². The van der Waals surface area contributed by atoms with Crippen molar-refractivity contribution in [2.75, 3.05) is 5.32 Å². The summed E-state index contributed by atoms with van der Waals surface area (Å²) >= 11 is -0.197. The predicted octanol–water partition coefficient (Wildman–Crippen LogP) is 2.58. The number of thioether (sulfide) groups is 1. The van der Waals surface area contributed by atoms with Crippen LogP contribution in [-0.4, -0.2) is 19.6 Å². The second-order valence-electron chi connectivity index (χ2n) is 5.66. The zero-order valence-corrected chi connectivity index (χ0v) is 15.1. The summed E-state index contributed by atoms with van der Waals surface area (Å²) in [6.07, 6.45) is 0. The zero-order chi connectivity index (χ0) is 20.5. The lowest BCUT2D eigenvalue weighted by molar-refractivity contribution is -0.0328.